The van der Waals surface area contributed by atoms with Crippen molar-refractivity contribution in [3.8, 4) is 11.5 Å². The maximum Gasteiger partial charge on any atom is 0.173 e. The van der Waals surface area contributed by atoms with Gasteiger partial charge in [-0.15, -0.1) is 5.10 Å². The van der Waals surface area contributed by atoms with Gasteiger partial charge in [-0.05, 0) is 35.7 Å². The largest absolute Gasteiger partial charge is 0.493 e. The van der Waals surface area contributed by atoms with Crippen LogP contribution in [-0.4, -0.2) is 77.5 Å². The van der Waals surface area contributed by atoms with Crippen LogP contribution in [0.15, 0.2) is 41.0 Å². The van der Waals surface area contributed by atoms with E-state index in [-0.39, 0.29) is 6.04 Å². The van der Waals surface area contributed by atoms with Gasteiger partial charge < -0.3 is 18.8 Å². The first-order chi connectivity index (χ1) is 14.2. The van der Waals surface area contributed by atoms with E-state index in [1.807, 2.05) is 24.3 Å². The van der Waals surface area contributed by atoms with Crippen LogP contribution >= 0.6 is 0 Å². The Kier molecular flexibility index (Phi) is 5.77. The molecule has 1 aliphatic heterocycles. The maximum absolute atomic E-state index is 5.75. The third-order valence-electron chi connectivity index (χ3n) is 5.32. The van der Waals surface area contributed by atoms with E-state index in [4.69, 9.17) is 13.9 Å². The summed E-state index contributed by atoms with van der Waals surface area (Å²) in [5.41, 5.74) is 0.979. The molecule has 1 fully saturated rings. The van der Waals surface area contributed by atoms with Crippen LogP contribution in [0.3, 0.4) is 0 Å². The Labute approximate surface area is 169 Å². The quantitative estimate of drug-likeness (QED) is 0.595. The number of likely N-dealkylation sites (N-methyl/N-ethyl adjacent to an activating group) is 1. The summed E-state index contributed by atoms with van der Waals surface area (Å²) in [6.45, 7) is 4.21. The molecule has 9 nitrogen and oxygen atoms in total. The number of tetrazole rings is 1. The Hall–Kier alpha value is -2.91. The Morgan fingerprint density at radius 1 is 1.07 bits per heavy atom. The lowest BCUT2D eigenvalue weighted by atomic mass is 10.0. The smallest absolute Gasteiger partial charge is 0.173 e. The van der Waals surface area contributed by atoms with Crippen molar-refractivity contribution in [2.24, 2.45) is 0 Å². The minimum atomic E-state index is -0.168. The molecule has 29 heavy (non-hydrogen) atoms. The van der Waals surface area contributed by atoms with E-state index >= 15 is 0 Å². The fourth-order valence-electron chi connectivity index (χ4n) is 3.78. The van der Waals surface area contributed by atoms with E-state index in [0.717, 1.165) is 43.3 Å². The van der Waals surface area contributed by atoms with E-state index in [2.05, 4.69) is 38.4 Å². The molecule has 0 saturated carbocycles. The molecular weight excluding hydrogens is 372 g/mol. The van der Waals surface area contributed by atoms with Gasteiger partial charge in [-0.1, -0.05) is 12.1 Å². The molecule has 0 aliphatic carbocycles. The molecule has 154 valence electrons. The number of aromatic nitrogens is 4. The molecule has 3 aromatic rings. The van der Waals surface area contributed by atoms with Crippen molar-refractivity contribution >= 4 is 0 Å². The number of methoxy groups -OCH3 is 2. The van der Waals surface area contributed by atoms with Gasteiger partial charge >= 0.3 is 0 Å². The van der Waals surface area contributed by atoms with Gasteiger partial charge in [0.2, 0.25) is 0 Å². The first-order valence-corrected chi connectivity index (χ1v) is 9.63. The molecule has 1 atom stereocenters. The Morgan fingerprint density at radius 2 is 1.90 bits per heavy atom. The average molecular weight is 398 g/mol. The van der Waals surface area contributed by atoms with Crippen LogP contribution in [0.1, 0.15) is 23.2 Å². The lowest BCUT2D eigenvalue weighted by Crippen LogP contribution is -2.46. The first kappa shape index (κ1) is 19.4. The maximum atomic E-state index is 5.75. The van der Waals surface area contributed by atoms with Gasteiger partial charge in [0.05, 0.1) is 20.5 Å². The highest BCUT2D eigenvalue weighted by Gasteiger charge is 2.33. The molecule has 0 spiro atoms. The Morgan fingerprint density at radius 3 is 2.59 bits per heavy atom. The zero-order valence-electron chi connectivity index (χ0n) is 17.0. The molecule has 0 bridgehead atoms. The number of rotatable bonds is 7. The van der Waals surface area contributed by atoms with E-state index in [0.29, 0.717) is 18.0 Å². The van der Waals surface area contributed by atoms with Gasteiger partial charge in [-0.2, -0.15) is 0 Å². The molecule has 2 aromatic heterocycles. The van der Waals surface area contributed by atoms with Crippen LogP contribution in [0.25, 0.3) is 0 Å². The van der Waals surface area contributed by atoms with Crippen molar-refractivity contribution in [1.29, 1.82) is 0 Å². The van der Waals surface area contributed by atoms with Crippen molar-refractivity contribution in [3.63, 3.8) is 0 Å². The zero-order valence-corrected chi connectivity index (χ0v) is 17.0. The van der Waals surface area contributed by atoms with Gasteiger partial charge in [0.1, 0.15) is 18.3 Å². The van der Waals surface area contributed by atoms with E-state index in [9.17, 15) is 0 Å². The molecule has 4 rings (SSSR count). The molecule has 1 unspecified atom stereocenters. The highest BCUT2D eigenvalue weighted by molar-refractivity contribution is 5.49. The second-order valence-electron chi connectivity index (χ2n) is 7.10. The summed E-state index contributed by atoms with van der Waals surface area (Å²) in [4.78, 5) is 4.71. The summed E-state index contributed by atoms with van der Waals surface area (Å²) in [5, 5.41) is 12.6. The van der Waals surface area contributed by atoms with Crippen LogP contribution in [0, 0.1) is 0 Å². The van der Waals surface area contributed by atoms with Crippen molar-refractivity contribution < 1.29 is 13.9 Å². The minimum absolute atomic E-state index is 0.168. The normalized spacial score (nSPS) is 16.7. The Bertz CT molecular complexity index is 918. The number of benzene rings is 1. The lowest BCUT2D eigenvalue weighted by Gasteiger charge is -2.37. The highest BCUT2D eigenvalue weighted by atomic mass is 16.5. The van der Waals surface area contributed by atoms with Crippen LogP contribution in [-0.2, 0) is 6.54 Å². The molecule has 0 radical (unpaired) electrons. The summed E-state index contributed by atoms with van der Waals surface area (Å²) >= 11 is 0. The molecular formula is C20H26N6O3. The second-order valence-corrected chi connectivity index (χ2v) is 7.10. The van der Waals surface area contributed by atoms with Crippen molar-refractivity contribution in [2.75, 3.05) is 47.4 Å². The van der Waals surface area contributed by atoms with Crippen molar-refractivity contribution in [2.45, 2.75) is 12.6 Å². The summed E-state index contributed by atoms with van der Waals surface area (Å²) in [5.74, 6) is 2.94. The number of ether oxygens (including phenoxy) is 2. The molecule has 9 heteroatoms. The number of hydrogen-bond acceptors (Lipinski definition) is 8. The van der Waals surface area contributed by atoms with Crippen LogP contribution in [0.2, 0.25) is 0 Å². The van der Waals surface area contributed by atoms with E-state index in [1.165, 1.54) is 0 Å². The van der Waals surface area contributed by atoms with E-state index in [1.54, 1.807) is 25.2 Å². The predicted octanol–water partition coefficient (Wildman–Crippen LogP) is 1.67. The fourth-order valence-corrected chi connectivity index (χ4v) is 3.78. The third-order valence-corrected chi connectivity index (χ3v) is 5.32. The van der Waals surface area contributed by atoms with Gasteiger partial charge in [-0.3, -0.25) is 4.90 Å². The topological polar surface area (TPSA) is 81.7 Å². The fraction of sp³-hybridized carbons (Fsp3) is 0.450. The molecule has 0 N–H and O–H groups in total. The average Bonchev–Trinajstić information content (AvgIpc) is 3.42. The second kappa shape index (κ2) is 8.62. The Balaban J connectivity index is 1.78. The van der Waals surface area contributed by atoms with Crippen molar-refractivity contribution in [1.82, 2.24) is 30.0 Å². The highest BCUT2D eigenvalue weighted by Crippen LogP contribution is 2.39. The SMILES string of the molecule is COc1cccc(C(c2nnnn2Cc2ccco2)N2CCN(C)CC2)c1OC. The molecule has 3 heterocycles. The molecule has 1 saturated heterocycles. The number of piperazine rings is 1. The van der Waals surface area contributed by atoms with E-state index < -0.39 is 0 Å². The first-order valence-electron chi connectivity index (χ1n) is 9.63. The number of furan rings is 1. The third kappa shape index (κ3) is 3.96. The molecule has 0 amide bonds. The van der Waals surface area contributed by atoms with Crippen LogP contribution in [0.4, 0.5) is 0 Å². The number of hydrogen-bond donors (Lipinski definition) is 0. The summed E-state index contributed by atoms with van der Waals surface area (Å²) in [6, 6.07) is 9.54. The standard InChI is InChI=1S/C20H26N6O3/c1-24-9-11-25(12-10-24)18(16-7-4-8-17(27-2)19(16)28-3)20-21-22-23-26(20)14-15-6-5-13-29-15/h4-8,13,18H,9-12,14H2,1-3H3. The van der Waals surface area contributed by atoms with Crippen molar-refractivity contribution in [3.05, 3.63) is 53.7 Å². The van der Waals surface area contributed by atoms with Gasteiger partial charge in [0.15, 0.2) is 17.3 Å². The molecule has 1 aliphatic rings. The summed E-state index contributed by atoms with van der Waals surface area (Å²) < 4.78 is 18.6. The van der Waals surface area contributed by atoms with Gasteiger partial charge in [0, 0.05) is 31.7 Å². The lowest BCUT2D eigenvalue weighted by molar-refractivity contribution is 0.120. The monoisotopic (exact) mass is 398 g/mol. The van der Waals surface area contributed by atoms with Gasteiger partial charge in [-0.25, -0.2) is 4.68 Å². The van der Waals surface area contributed by atoms with Crippen LogP contribution in [0.5, 0.6) is 11.5 Å². The predicted molar refractivity (Wildman–Crippen MR) is 106 cm³/mol. The zero-order chi connectivity index (χ0) is 20.2. The number of nitrogens with zero attached hydrogens (tertiary/aromatic N) is 6. The van der Waals surface area contributed by atoms with Gasteiger partial charge in [0.25, 0.3) is 0 Å². The molecule has 1 aromatic carbocycles. The van der Waals surface area contributed by atoms with Crippen LogP contribution < -0.4 is 9.47 Å². The number of para-hydroxylation sites is 1. The summed E-state index contributed by atoms with van der Waals surface area (Å²) in [6.07, 6.45) is 1.66. The minimum Gasteiger partial charge on any atom is -0.493 e. The summed E-state index contributed by atoms with van der Waals surface area (Å²) in [7, 11) is 5.45.